The Balaban J connectivity index is 1.26. The highest BCUT2D eigenvalue weighted by Crippen LogP contribution is 2.55. The molecule has 0 aliphatic rings. The molecule has 0 aromatic heterocycles. The number of rotatable bonds is 4. The molecule has 0 saturated carbocycles. The van der Waals surface area contributed by atoms with Gasteiger partial charge in [0.15, 0.2) is 0 Å². The predicted molar refractivity (Wildman–Crippen MR) is 243 cm³/mol. The predicted octanol–water partition coefficient (Wildman–Crippen LogP) is 15.5. The molecule has 0 aliphatic heterocycles. The summed E-state index contributed by atoms with van der Waals surface area (Å²) in [7, 11) is 0. The molecule has 262 valence electrons. The highest BCUT2D eigenvalue weighted by atomic mass is 14.3. The van der Waals surface area contributed by atoms with Crippen molar-refractivity contribution in [1.82, 2.24) is 0 Å². The molecular formula is C56H33N. The smallest absolute Gasteiger partial charge is 0.0994 e. The third-order valence-corrected chi connectivity index (χ3v) is 12.5. The van der Waals surface area contributed by atoms with E-state index < -0.39 is 0 Å². The van der Waals surface area contributed by atoms with Gasteiger partial charge in [-0.25, -0.2) is 0 Å². The molecule has 0 amide bonds. The van der Waals surface area contributed by atoms with E-state index >= 15 is 0 Å². The van der Waals surface area contributed by atoms with Crippen LogP contribution in [0.5, 0.6) is 0 Å². The van der Waals surface area contributed by atoms with Gasteiger partial charge >= 0.3 is 0 Å². The van der Waals surface area contributed by atoms with E-state index in [2.05, 4.69) is 182 Å². The molecule has 0 atom stereocenters. The zero-order valence-corrected chi connectivity index (χ0v) is 31.3. The molecule has 0 fully saturated rings. The van der Waals surface area contributed by atoms with Gasteiger partial charge in [0.1, 0.15) is 0 Å². The maximum absolute atomic E-state index is 9.56. The van der Waals surface area contributed by atoms with Gasteiger partial charge in [0.2, 0.25) is 0 Å². The largest absolute Gasteiger partial charge is 0.192 e. The molecule has 12 aromatic carbocycles. The number of nitriles is 1. The molecule has 1 nitrogen and oxygen atoms in total. The summed E-state index contributed by atoms with van der Waals surface area (Å²) < 4.78 is 0. The lowest BCUT2D eigenvalue weighted by Crippen LogP contribution is -1.91. The van der Waals surface area contributed by atoms with Gasteiger partial charge in [0.25, 0.3) is 0 Å². The van der Waals surface area contributed by atoms with Crippen molar-refractivity contribution in [3.63, 3.8) is 0 Å². The van der Waals surface area contributed by atoms with E-state index in [9.17, 15) is 5.26 Å². The summed E-state index contributed by atoms with van der Waals surface area (Å²) in [5.74, 6) is 0. The minimum Gasteiger partial charge on any atom is -0.192 e. The summed E-state index contributed by atoms with van der Waals surface area (Å²) >= 11 is 0. The van der Waals surface area contributed by atoms with Crippen LogP contribution in [-0.2, 0) is 0 Å². The number of aryl methyl sites for hydroxylation is 1. The van der Waals surface area contributed by atoms with Crippen molar-refractivity contribution in [1.29, 1.82) is 5.26 Å². The molecule has 0 heterocycles. The minimum absolute atomic E-state index is 0.714. The van der Waals surface area contributed by atoms with E-state index in [-0.39, 0.29) is 0 Å². The summed E-state index contributed by atoms with van der Waals surface area (Å²) in [6, 6.07) is 69.3. The summed E-state index contributed by atoms with van der Waals surface area (Å²) in [4.78, 5) is 0. The van der Waals surface area contributed by atoms with E-state index in [1.54, 1.807) is 0 Å². The van der Waals surface area contributed by atoms with Gasteiger partial charge < -0.3 is 0 Å². The maximum atomic E-state index is 9.56. The van der Waals surface area contributed by atoms with E-state index in [4.69, 9.17) is 0 Å². The number of nitrogens with zero attached hydrogens (tertiary/aromatic N) is 1. The number of hydrogen-bond donors (Lipinski definition) is 0. The van der Waals surface area contributed by atoms with Crippen LogP contribution in [0.15, 0.2) is 182 Å². The first-order valence-electron chi connectivity index (χ1n) is 19.7. The lowest BCUT2D eigenvalue weighted by molar-refractivity contribution is 1.39. The van der Waals surface area contributed by atoms with Crippen molar-refractivity contribution < 1.29 is 0 Å². The topological polar surface area (TPSA) is 23.8 Å². The highest BCUT2D eigenvalue weighted by molar-refractivity contribution is 6.45. The van der Waals surface area contributed by atoms with Gasteiger partial charge in [-0.15, -0.1) is 0 Å². The molecule has 12 aromatic rings. The van der Waals surface area contributed by atoms with Crippen molar-refractivity contribution in [3.05, 3.63) is 193 Å². The van der Waals surface area contributed by atoms with Gasteiger partial charge in [-0.2, -0.15) is 5.26 Å². The Morgan fingerprint density at radius 3 is 1.58 bits per heavy atom. The second-order valence-electron chi connectivity index (χ2n) is 15.5. The van der Waals surface area contributed by atoms with Gasteiger partial charge in [-0.05, 0) is 151 Å². The van der Waals surface area contributed by atoms with Crippen LogP contribution in [-0.4, -0.2) is 0 Å². The SMILES string of the molecule is Cc1cc(-c2cccc(-c3ccc4c5c(-c6ccccc6)c6c(cc7c8ccccc8c8cccc6c87)c(-c6ccccc6)c5c5cccc3c54)c2)ccc1C#N. The molecule has 0 saturated heterocycles. The van der Waals surface area contributed by atoms with Crippen molar-refractivity contribution in [2.24, 2.45) is 0 Å². The molecule has 0 aliphatic carbocycles. The lowest BCUT2D eigenvalue weighted by atomic mass is 9.84. The summed E-state index contributed by atoms with van der Waals surface area (Å²) in [5, 5.41) is 27.8. The maximum Gasteiger partial charge on any atom is 0.0994 e. The van der Waals surface area contributed by atoms with Crippen LogP contribution in [0.25, 0.3) is 120 Å². The molecule has 1 heteroatoms. The summed E-state index contributed by atoms with van der Waals surface area (Å²) in [6.45, 7) is 2.01. The Labute approximate surface area is 330 Å². The second kappa shape index (κ2) is 12.0. The zero-order chi connectivity index (χ0) is 37.8. The number of hydrogen-bond acceptors (Lipinski definition) is 1. The molecule has 0 N–H and O–H groups in total. The van der Waals surface area contributed by atoms with Gasteiger partial charge in [-0.3, -0.25) is 0 Å². The Morgan fingerprint density at radius 2 is 0.842 bits per heavy atom. The van der Waals surface area contributed by atoms with Gasteiger partial charge in [0, 0.05) is 0 Å². The van der Waals surface area contributed by atoms with Gasteiger partial charge in [-0.1, -0.05) is 164 Å². The monoisotopic (exact) mass is 719 g/mol. The van der Waals surface area contributed by atoms with Crippen molar-refractivity contribution in [2.75, 3.05) is 0 Å². The van der Waals surface area contributed by atoms with Gasteiger partial charge in [0.05, 0.1) is 11.6 Å². The molecule has 12 rings (SSSR count). The molecule has 0 radical (unpaired) electrons. The van der Waals surface area contributed by atoms with Crippen LogP contribution in [0.1, 0.15) is 11.1 Å². The normalized spacial score (nSPS) is 11.9. The highest BCUT2D eigenvalue weighted by Gasteiger charge is 2.27. The fraction of sp³-hybridized carbons (Fsp3) is 0.0179. The van der Waals surface area contributed by atoms with Crippen LogP contribution in [0, 0.1) is 18.3 Å². The fourth-order valence-electron chi connectivity index (χ4n) is 10.1. The molecule has 0 bridgehead atoms. The molecule has 57 heavy (non-hydrogen) atoms. The molecular weight excluding hydrogens is 687 g/mol. The van der Waals surface area contributed by atoms with E-state index in [1.807, 2.05) is 13.0 Å². The Kier molecular flexibility index (Phi) is 6.68. The van der Waals surface area contributed by atoms with Crippen LogP contribution >= 0.6 is 0 Å². The summed E-state index contributed by atoms with van der Waals surface area (Å²) in [5.41, 5.74) is 11.4. The number of fused-ring (bicyclic) bond motifs is 8. The Bertz CT molecular complexity index is 3630. The first-order chi connectivity index (χ1) is 28.2. The van der Waals surface area contributed by atoms with Crippen molar-refractivity contribution in [2.45, 2.75) is 6.92 Å². The lowest BCUT2D eigenvalue weighted by Gasteiger charge is -2.19. The number of benzene rings is 10. The van der Waals surface area contributed by atoms with Crippen LogP contribution < -0.4 is 0 Å². The van der Waals surface area contributed by atoms with Crippen LogP contribution in [0.2, 0.25) is 0 Å². The second-order valence-corrected chi connectivity index (χ2v) is 15.5. The quantitative estimate of drug-likeness (QED) is 0.166. The van der Waals surface area contributed by atoms with Crippen molar-refractivity contribution in [3.8, 4) is 50.6 Å². The summed E-state index contributed by atoms with van der Waals surface area (Å²) in [6.07, 6.45) is 0. The van der Waals surface area contributed by atoms with E-state index in [0.29, 0.717) is 5.56 Å². The fourth-order valence-corrected chi connectivity index (χ4v) is 10.1. The average Bonchev–Trinajstić information content (AvgIpc) is 3.78. The first-order valence-corrected chi connectivity index (χ1v) is 19.7. The van der Waals surface area contributed by atoms with E-state index in [0.717, 1.165) is 16.7 Å². The Hall–Kier alpha value is -7.53. The van der Waals surface area contributed by atoms with Crippen molar-refractivity contribution >= 4 is 75.4 Å². The Morgan fingerprint density at radius 1 is 0.316 bits per heavy atom. The van der Waals surface area contributed by atoms with E-state index in [1.165, 1.54) is 109 Å². The first kappa shape index (κ1) is 31.8. The molecule has 0 unspecified atom stereocenters. The van der Waals surface area contributed by atoms with Crippen LogP contribution in [0.4, 0.5) is 0 Å². The minimum atomic E-state index is 0.714. The standard InChI is InChI=1S/C56H33N/c1-33-29-37(25-26-39(33)32-57)36-17-10-18-38(30-36)40-27-28-47-52-43(40)21-11-24-46(52)55-50(34-13-4-2-5-14-34)49-31-48-42-20-9-8-19-41(42)44-22-12-23-45(53(44)48)54(49)51(56(47)55)35-15-6-3-7-16-35/h2-31H,1H3. The third-order valence-electron chi connectivity index (χ3n) is 12.5. The molecule has 0 spiro atoms. The van der Waals surface area contributed by atoms with Crippen LogP contribution in [0.3, 0.4) is 0 Å². The third kappa shape index (κ3) is 4.44. The zero-order valence-electron chi connectivity index (χ0n) is 31.3. The average molecular weight is 720 g/mol.